The van der Waals surface area contributed by atoms with Gasteiger partial charge in [0.1, 0.15) is 0 Å². The molecule has 1 N–H and O–H groups in total. The zero-order chi connectivity index (χ0) is 15.5. The summed E-state index contributed by atoms with van der Waals surface area (Å²) in [5, 5.41) is 9.62. The van der Waals surface area contributed by atoms with E-state index in [-0.39, 0.29) is 18.4 Å². The van der Waals surface area contributed by atoms with E-state index in [0.29, 0.717) is 12.1 Å². The number of benzene rings is 1. The Balaban J connectivity index is 2.20. The van der Waals surface area contributed by atoms with Crippen LogP contribution < -0.4 is 0 Å². The maximum atomic E-state index is 12.6. The number of amides is 1. The molecule has 1 saturated heterocycles. The van der Waals surface area contributed by atoms with Gasteiger partial charge in [-0.2, -0.15) is 11.8 Å². The highest BCUT2D eigenvalue weighted by atomic mass is 32.2. The van der Waals surface area contributed by atoms with Crippen molar-refractivity contribution in [2.24, 2.45) is 0 Å². The third-order valence-corrected chi connectivity index (χ3v) is 5.27. The lowest BCUT2D eigenvalue weighted by Gasteiger charge is -2.35. The van der Waals surface area contributed by atoms with Gasteiger partial charge in [-0.25, -0.2) is 0 Å². The first kappa shape index (κ1) is 15.9. The fourth-order valence-corrected chi connectivity index (χ4v) is 3.62. The maximum Gasteiger partial charge on any atom is 0.314 e. The second-order valence-corrected chi connectivity index (χ2v) is 6.84. The van der Waals surface area contributed by atoms with Gasteiger partial charge in [0.2, 0.25) is 5.91 Å². The number of thioether (sulfide) groups is 1. The summed E-state index contributed by atoms with van der Waals surface area (Å²) in [5.74, 6) is 0.809. The van der Waals surface area contributed by atoms with Crippen LogP contribution in [0.3, 0.4) is 0 Å². The first-order chi connectivity index (χ1) is 9.95. The van der Waals surface area contributed by atoms with Crippen LogP contribution in [0.1, 0.15) is 25.8 Å². The maximum absolute atomic E-state index is 12.6. The molecule has 0 bridgehead atoms. The van der Waals surface area contributed by atoms with Gasteiger partial charge < -0.3 is 10.0 Å². The molecule has 1 amide bonds. The number of aliphatic carboxylic acids is 1. The van der Waals surface area contributed by atoms with Gasteiger partial charge in [0.25, 0.3) is 0 Å². The molecule has 1 heterocycles. The van der Waals surface area contributed by atoms with Crippen molar-refractivity contribution in [1.82, 2.24) is 4.90 Å². The summed E-state index contributed by atoms with van der Waals surface area (Å²) in [6.07, 6.45) is 0.00134. The van der Waals surface area contributed by atoms with Gasteiger partial charge in [-0.05, 0) is 19.4 Å². The molecule has 4 nitrogen and oxygen atoms in total. The van der Waals surface area contributed by atoms with E-state index in [0.717, 1.165) is 11.5 Å². The summed E-state index contributed by atoms with van der Waals surface area (Å²) < 4.78 is 0. The Bertz CT molecular complexity index is 520. The van der Waals surface area contributed by atoms with Crippen molar-refractivity contribution in [1.29, 1.82) is 0 Å². The normalized spacial score (nSPS) is 21.6. The zero-order valence-corrected chi connectivity index (χ0v) is 13.2. The minimum Gasteiger partial charge on any atom is -0.481 e. The molecular weight excluding hydrogens is 286 g/mol. The SMILES string of the molecule is CC1CSCCN1C(=O)CC(C)(C(=O)O)c1ccccc1. The molecule has 2 unspecified atom stereocenters. The lowest BCUT2D eigenvalue weighted by molar-refractivity contribution is -0.148. The summed E-state index contributed by atoms with van der Waals surface area (Å²) in [6, 6.07) is 9.18. The molecular formula is C16H21NO3S. The van der Waals surface area contributed by atoms with E-state index >= 15 is 0 Å². The molecule has 5 heteroatoms. The molecule has 0 spiro atoms. The number of carbonyl (C=O) groups is 2. The van der Waals surface area contributed by atoms with Crippen LogP contribution in [0.4, 0.5) is 0 Å². The van der Waals surface area contributed by atoms with Crippen molar-refractivity contribution in [3.63, 3.8) is 0 Å². The summed E-state index contributed by atoms with van der Waals surface area (Å²) >= 11 is 1.83. The Kier molecular flexibility index (Phi) is 4.93. The van der Waals surface area contributed by atoms with Gasteiger partial charge in [0, 0.05) is 30.5 Å². The Labute approximate surface area is 129 Å². The van der Waals surface area contributed by atoms with Crippen molar-refractivity contribution < 1.29 is 14.7 Å². The smallest absolute Gasteiger partial charge is 0.314 e. The topological polar surface area (TPSA) is 57.6 Å². The molecule has 0 aromatic heterocycles. The van der Waals surface area contributed by atoms with E-state index < -0.39 is 11.4 Å². The predicted octanol–water partition coefficient (Wildman–Crippen LogP) is 2.38. The highest BCUT2D eigenvalue weighted by Crippen LogP contribution is 2.30. The number of rotatable bonds is 4. The third-order valence-electron chi connectivity index (χ3n) is 4.08. The number of hydrogen-bond donors (Lipinski definition) is 1. The van der Waals surface area contributed by atoms with E-state index in [1.807, 2.05) is 29.7 Å². The monoisotopic (exact) mass is 307 g/mol. The van der Waals surface area contributed by atoms with Crippen LogP contribution in [-0.2, 0) is 15.0 Å². The Morgan fingerprint density at radius 2 is 2.05 bits per heavy atom. The molecule has 114 valence electrons. The zero-order valence-electron chi connectivity index (χ0n) is 12.4. The molecule has 1 aliphatic heterocycles. The van der Waals surface area contributed by atoms with Gasteiger partial charge in [-0.3, -0.25) is 9.59 Å². The number of nitrogens with zero attached hydrogens (tertiary/aromatic N) is 1. The van der Waals surface area contributed by atoms with Crippen LogP contribution in [0, 0.1) is 0 Å². The van der Waals surface area contributed by atoms with Crippen LogP contribution >= 0.6 is 11.8 Å². The molecule has 1 fully saturated rings. The summed E-state index contributed by atoms with van der Waals surface area (Å²) in [7, 11) is 0. The van der Waals surface area contributed by atoms with E-state index in [1.54, 1.807) is 31.2 Å². The second-order valence-electron chi connectivity index (χ2n) is 5.69. The standard InChI is InChI=1S/C16H21NO3S/c1-12-11-21-9-8-17(12)14(18)10-16(2,15(19)20)13-6-4-3-5-7-13/h3-7,12H,8-11H2,1-2H3,(H,19,20). The number of carboxylic acids is 1. The van der Waals surface area contributed by atoms with E-state index in [2.05, 4.69) is 0 Å². The molecule has 0 aliphatic carbocycles. The second kappa shape index (κ2) is 6.52. The average Bonchev–Trinajstić information content (AvgIpc) is 2.48. The van der Waals surface area contributed by atoms with Crippen LogP contribution in [0.2, 0.25) is 0 Å². The van der Waals surface area contributed by atoms with E-state index in [4.69, 9.17) is 0 Å². The number of hydrogen-bond acceptors (Lipinski definition) is 3. The van der Waals surface area contributed by atoms with Gasteiger partial charge in [0.15, 0.2) is 0 Å². The van der Waals surface area contributed by atoms with Gasteiger partial charge in [0.05, 0.1) is 5.41 Å². The lowest BCUT2D eigenvalue weighted by Crippen LogP contribution is -2.47. The van der Waals surface area contributed by atoms with Gasteiger partial charge in [-0.15, -0.1) is 0 Å². The quantitative estimate of drug-likeness (QED) is 0.928. The highest BCUT2D eigenvalue weighted by Gasteiger charge is 2.39. The van der Waals surface area contributed by atoms with Crippen molar-refractivity contribution >= 4 is 23.6 Å². The molecule has 21 heavy (non-hydrogen) atoms. The molecule has 1 aromatic rings. The van der Waals surface area contributed by atoms with Crippen LogP contribution in [0.25, 0.3) is 0 Å². The fourth-order valence-electron chi connectivity index (χ4n) is 2.61. The van der Waals surface area contributed by atoms with Crippen LogP contribution in [0.5, 0.6) is 0 Å². The predicted molar refractivity (Wildman–Crippen MR) is 84.5 cm³/mol. The van der Waals surface area contributed by atoms with Crippen LogP contribution in [-0.4, -0.2) is 46.0 Å². The Morgan fingerprint density at radius 1 is 1.38 bits per heavy atom. The Hall–Kier alpha value is -1.49. The van der Waals surface area contributed by atoms with Crippen molar-refractivity contribution in [3.05, 3.63) is 35.9 Å². The fraction of sp³-hybridized carbons (Fsp3) is 0.500. The van der Waals surface area contributed by atoms with Crippen LogP contribution in [0.15, 0.2) is 30.3 Å². The van der Waals surface area contributed by atoms with Crippen molar-refractivity contribution in [2.45, 2.75) is 31.7 Å². The van der Waals surface area contributed by atoms with Crippen molar-refractivity contribution in [2.75, 3.05) is 18.1 Å². The first-order valence-corrected chi connectivity index (χ1v) is 8.27. The van der Waals surface area contributed by atoms with Gasteiger partial charge >= 0.3 is 5.97 Å². The molecule has 2 rings (SSSR count). The molecule has 0 saturated carbocycles. The summed E-state index contributed by atoms with van der Waals surface area (Å²) in [4.78, 5) is 26.1. The minimum atomic E-state index is -1.18. The summed E-state index contributed by atoms with van der Waals surface area (Å²) in [5.41, 5.74) is -0.507. The largest absolute Gasteiger partial charge is 0.481 e. The molecule has 1 aliphatic rings. The number of carbonyl (C=O) groups excluding carboxylic acids is 1. The molecule has 2 atom stereocenters. The molecule has 1 aromatic carbocycles. The van der Waals surface area contributed by atoms with E-state index in [1.165, 1.54) is 0 Å². The minimum absolute atomic E-state index is 0.00134. The van der Waals surface area contributed by atoms with Crippen molar-refractivity contribution in [3.8, 4) is 0 Å². The number of carboxylic acid groups (broad SMARTS) is 1. The first-order valence-electron chi connectivity index (χ1n) is 7.11. The lowest BCUT2D eigenvalue weighted by atomic mass is 9.79. The average molecular weight is 307 g/mol. The van der Waals surface area contributed by atoms with E-state index in [9.17, 15) is 14.7 Å². The highest BCUT2D eigenvalue weighted by molar-refractivity contribution is 7.99. The summed E-state index contributed by atoms with van der Waals surface area (Å²) in [6.45, 7) is 4.35. The molecule has 0 radical (unpaired) electrons. The third kappa shape index (κ3) is 3.40. The van der Waals surface area contributed by atoms with Gasteiger partial charge in [-0.1, -0.05) is 30.3 Å². The Morgan fingerprint density at radius 3 is 2.62 bits per heavy atom.